The first kappa shape index (κ1) is 23.5. The van der Waals surface area contributed by atoms with Gasteiger partial charge in [0.25, 0.3) is 5.91 Å². The van der Waals surface area contributed by atoms with E-state index < -0.39 is 17.8 Å². The molecule has 0 spiro atoms. The number of benzene rings is 2. The van der Waals surface area contributed by atoms with Crippen LogP contribution in [0.5, 0.6) is 5.75 Å². The third-order valence-corrected chi connectivity index (χ3v) is 5.58. The van der Waals surface area contributed by atoms with E-state index in [-0.39, 0.29) is 17.0 Å². The standard InChI is InChI=1S/C28H21FN6O2/c1-16-12-18(7-6-17-10-11-31-25(30)14-17)13-23(32-16)28(37)35-26(20-15-19(29)8-9-24(20)36)27-33-21-4-2-3-5-22(21)34-27/h2-5,8-15,26,36H,1H3,(H2,30,31)(H,33,34)(H,35,37)/t26-/m1/s1. The van der Waals surface area contributed by atoms with Crippen molar-refractivity contribution in [1.29, 1.82) is 0 Å². The third kappa shape index (κ3) is 5.23. The number of aryl methyl sites for hydroxylation is 1. The summed E-state index contributed by atoms with van der Waals surface area (Å²) in [5.41, 5.74) is 9.20. The molecule has 3 aromatic heterocycles. The van der Waals surface area contributed by atoms with Crippen LogP contribution in [0.15, 0.2) is 72.9 Å². The molecule has 3 heterocycles. The Morgan fingerprint density at radius 3 is 2.68 bits per heavy atom. The highest BCUT2D eigenvalue weighted by Crippen LogP contribution is 2.30. The van der Waals surface area contributed by atoms with Gasteiger partial charge in [0, 0.05) is 28.6 Å². The number of aromatic nitrogens is 4. The number of nitrogens with one attached hydrogen (secondary N) is 2. The number of hydrogen-bond donors (Lipinski definition) is 4. The fraction of sp³-hybridized carbons (Fsp3) is 0.0714. The lowest BCUT2D eigenvalue weighted by molar-refractivity contribution is 0.0936. The van der Waals surface area contributed by atoms with Crippen LogP contribution in [0.2, 0.25) is 0 Å². The maximum atomic E-state index is 14.1. The summed E-state index contributed by atoms with van der Waals surface area (Å²) in [4.78, 5) is 29.4. The van der Waals surface area contributed by atoms with Crippen molar-refractivity contribution in [3.8, 4) is 17.6 Å². The van der Waals surface area contributed by atoms with Gasteiger partial charge in [-0.15, -0.1) is 0 Å². The van der Waals surface area contributed by atoms with Crippen molar-refractivity contribution in [3.63, 3.8) is 0 Å². The van der Waals surface area contributed by atoms with Crippen LogP contribution in [-0.2, 0) is 0 Å². The Hall–Kier alpha value is -5.23. The Kier molecular flexibility index (Phi) is 6.22. The molecule has 182 valence electrons. The first-order valence-electron chi connectivity index (χ1n) is 11.3. The van der Waals surface area contributed by atoms with Crippen LogP contribution in [0.3, 0.4) is 0 Å². The van der Waals surface area contributed by atoms with E-state index >= 15 is 0 Å². The van der Waals surface area contributed by atoms with Gasteiger partial charge in [-0.1, -0.05) is 24.0 Å². The van der Waals surface area contributed by atoms with Gasteiger partial charge in [-0.2, -0.15) is 0 Å². The van der Waals surface area contributed by atoms with Crippen molar-refractivity contribution in [1.82, 2.24) is 25.3 Å². The monoisotopic (exact) mass is 492 g/mol. The summed E-state index contributed by atoms with van der Waals surface area (Å²) in [7, 11) is 0. The maximum Gasteiger partial charge on any atom is 0.270 e. The molecule has 5 N–H and O–H groups in total. The number of aromatic amines is 1. The number of aromatic hydroxyl groups is 1. The second-order valence-corrected chi connectivity index (χ2v) is 8.35. The molecular formula is C28H21FN6O2. The smallest absolute Gasteiger partial charge is 0.270 e. The molecule has 0 saturated carbocycles. The fourth-order valence-corrected chi connectivity index (χ4v) is 3.89. The number of phenolic OH excluding ortho intramolecular Hbond substituents is 1. The predicted molar refractivity (Wildman–Crippen MR) is 137 cm³/mol. The van der Waals surface area contributed by atoms with Crippen LogP contribution in [0.1, 0.15) is 44.7 Å². The second-order valence-electron chi connectivity index (χ2n) is 8.35. The molecule has 0 radical (unpaired) electrons. The van der Waals surface area contributed by atoms with E-state index in [1.807, 2.05) is 24.3 Å². The lowest BCUT2D eigenvalue weighted by atomic mass is 10.0. The lowest BCUT2D eigenvalue weighted by Gasteiger charge is -2.18. The van der Waals surface area contributed by atoms with Crippen LogP contribution in [-0.4, -0.2) is 30.9 Å². The number of nitrogen functional groups attached to an aromatic ring is 1. The number of phenols is 1. The summed E-state index contributed by atoms with van der Waals surface area (Å²) >= 11 is 0. The number of nitrogens with zero attached hydrogens (tertiary/aromatic N) is 3. The van der Waals surface area contributed by atoms with Gasteiger partial charge in [0.1, 0.15) is 34.9 Å². The van der Waals surface area contributed by atoms with Crippen molar-refractivity contribution in [2.75, 3.05) is 5.73 Å². The number of halogens is 1. The predicted octanol–water partition coefficient (Wildman–Crippen LogP) is 4.01. The Balaban J connectivity index is 1.51. The quantitative estimate of drug-likeness (QED) is 0.281. The molecule has 0 aliphatic carbocycles. The molecule has 0 fully saturated rings. The van der Waals surface area contributed by atoms with Gasteiger partial charge in [-0.25, -0.2) is 19.3 Å². The molecule has 9 heteroatoms. The lowest BCUT2D eigenvalue weighted by Crippen LogP contribution is -2.31. The fourth-order valence-electron chi connectivity index (χ4n) is 3.89. The minimum Gasteiger partial charge on any atom is -0.508 e. The summed E-state index contributed by atoms with van der Waals surface area (Å²) in [6.45, 7) is 1.75. The number of carbonyl (C=O) groups excluding carboxylic acids is 1. The second kappa shape index (κ2) is 9.79. The Bertz CT molecular complexity index is 1670. The van der Waals surface area contributed by atoms with Crippen LogP contribution < -0.4 is 11.1 Å². The van der Waals surface area contributed by atoms with E-state index in [9.17, 15) is 14.3 Å². The molecule has 5 aromatic rings. The van der Waals surface area contributed by atoms with Crippen LogP contribution in [0, 0.1) is 24.6 Å². The molecule has 0 aliphatic rings. The first-order chi connectivity index (χ1) is 17.9. The topological polar surface area (TPSA) is 130 Å². The van der Waals surface area contributed by atoms with Gasteiger partial charge < -0.3 is 21.1 Å². The number of nitrogens with two attached hydrogens (primary N) is 1. The van der Waals surface area contributed by atoms with E-state index in [0.29, 0.717) is 34.0 Å². The molecule has 8 nitrogen and oxygen atoms in total. The Morgan fingerprint density at radius 1 is 1.05 bits per heavy atom. The first-order valence-corrected chi connectivity index (χ1v) is 11.3. The van der Waals surface area contributed by atoms with Gasteiger partial charge in [0.05, 0.1) is 11.0 Å². The van der Waals surface area contributed by atoms with Crippen LogP contribution in [0.4, 0.5) is 10.2 Å². The molecule has 0 saturated heterocycles. The average molecular weight is 493 g/mol. The number of hydrogen-bond acceptors (Lipinski definition) is 6. The highest BCUT2D eigenvalue weighted by atomic mass is 19.1. The van der Waals surface area contributed by atoms with Gasteiger partial charge in [0.15, 0.2) is 0 Å². The Labute approximate surface area is 211 Å². The minimum atomic E-state index is -0.979. The average Bonchev–Trinajstić information content (AvgIpc) is 3.31. The number of amides is 1. The summed E-state index contributed by atoms with van der Waals surface area (Å²) < 4.78 is 14.1. The number of rotatable bonds is 4. The summed E-state index contributed by atoms with van der Waals surface area (Å²) in [5.74, 6) is 5.40. The van der Waals surface area contributed by atoms with E-state index in [4.69, 9.17) is 5.73 Å². The van der Waals surface area contributed by atoms with Crippen LogP contribution in [0.25, 0.3) is 11.0 Å². The van der Waals surface area contributed by atoms with Crippen molar-refractivity contribution in [3.05, 3.63) is 113 Å². The largest absolute Gasteiger partial charge is 0.508 e. The van der Waals surface area contributed by atoms with E-state index in [1.54, 1.807) is 37.4 Å². The van der Waals surface area contributed by atoms with E-state index in [0.717, 1.165) is 17.6 Å². The molecule has 0 bridgehead atoms. The summed E-state index contributed by atoms with van der Waals surface area (Å²) in [6.07, 6.45) is 1.57. The van der Waals surface area contributed by atoms with Crippen molar-refractivity contribution in [2.45, 2.75) is 13.0 Å². The van der Waals surface area contributed by atoms with Gasteiger partial charge >= 0.3 is 0 Å². The molecule has 1 amide bonds. The van der Waals surface area contributed by atoms with Gasteiger partial charge in [-0.3, -0.25) is 4.79 Å². The zero-order chi connectivity index (χ0) is 25.9. The molecule has 2 aromatic carbocycles. The van der Waals surface area contributed by atoms with Crippen molar-refractivity contribution >= 4 is 22.8 Å². The molecular weight excluding hydrogens is 471 g/mol. The number of anilines is 1. The van der Waals surface area contributed by atoms with Crippen molar-refractivity contribution < 1.29 is 14.3 Å². The number of carbonyl (C=O) groups is 1. The maximum absolute atomic E-state index is 14.1. The zero-order valence-electron chi connectivity index (χ0n) is 19.7. The molecule has 5 rings (SSSR count). The highest BCUT2D eigenvalue weighted by Gasteiger charge is 2.25. The SMILES string of the molecule is Cc1cc(C#Cc2ccnc(N)c2)cc(C(=O)N[C@@H](c2nc3ccccc3[nH]2)c2cc(F)ccc2O)n1. The number of fused-ring (bicyclic) bond motifs is 1. The zero-order valence-corrected chi connectivity index (χ0v) is 19.7. The molecule has 0 aliphatic heterocycles. The minimum absolute atomic E-state index is 0.107. The summed E-state index contributed by atoms with van der Waals surface area (Å²) in [5, 5.41) is 13.3. The molecule has 37 heavy (non-hydrogen) atoms. The number of imidazole rings is 1. The van der Waals surface area contributed by atoms with Gasteiger partial charge in [0.2, 0.25) is 0 Å². The summed E-state index contributed by atoms with van der Waals surface area (Å²) in [6, 6.07) is 16.6. The normalized spacial score (nSPS) is 11.5. The Morgan fingerprint density at radius 2 is 1.86 bits per heavy atom. The van der Waals surface area contributed by atoms with E-state index in [2.05, 4.69) is 37.1 Å². The number of para-hydroxylation sites is 2. The van der Waals surface area contributed by atoms with Gasteiger partial charge in [-0.05, 0) is 61.5 Å². The van der Waals surface area contributed by atoms with Crippen LogP contribution >= 0.6 is 0 Å². The highest BCUT2D eigenvalue weighted by molar-refractivity contribution is 5.93. The van der Waals surface area contributed by atoms with Crippen molar-refractivity contribution in [2.24, 2.45) is 0 Å². The number of H-pyrrole nitrogens is 1. The number of pyridine rings is 2. The molecule has 0 unspecified atom stereocenters. The van der Waals surface area contributed by atoms with E-state index in [1.165, 1.54) is 6.07 Å². The third-order valence-electron chi connectivity index (χ3n) is 5.58. The molecule has 1 atom stereocenters.